The Bertz CT molecular complexity index is 1230. The number of thiocarbonyl (C=S) groups is 1. The van der Waals surface area contributed by atoms with Crippen LogP contribution in [0.1, 0.15) is 37.4 Å². The highest BCUT2D eigenvalue weighted by Gasteiger charge is 2.51. The Morgan fingerprint density at radius 1 is 1.24 bits per heavy atom. The van der Waals surface area contributed by atoms with Crippen LogP contribution in [0, 0.1) is 10.1 Å². The first kappa shape index (κ1) is 23.7. The van der Waals surface area contributed by atoms with Crippen LogP contribution in [0.15, 0.2) is 57.0 Å². The molecular weight excluding hydrogens is 480 g/mol. The topological polar surface area (TPSA) is 112 Å². The number of benzene rings is 1. The first-order valence-electron chi connectivity index (χ1n) is 10.4. The van der Waals surface area contributed by atoms with Crippen LogP contribution >= 0.6 is 24.0 Å². The van der Waals surface area contributed by atoms with Crippen LogP contribution < -0.4 is 0 Å². The number of non-ortho nitro benzene ring substituents is 1. The molecule has 0 N–H and O–H groups in total. The summed E-state index contributed by atoms with van der Waals surface area (Å²) in [5, 5.41) is 10.8. The number of allylic oxidation sites excluding steroid dienone is 1. The third-order valence-corrected chi connectivity index (χ3v) is 6.92. The molecular formula is C23H20N2O7S2. The minimum Gasteiger partial charge on any atom is -0.477 e. The second-order valence-corrected chi connectivity index (χ2v) is 9.00. The molecule has 1 saturated heterocycles. The van der Waals surface area contributed by atoms with Crippen molar-refractivity contribution >= 4 is 52.7 Å². The number of fused-ring (bicyclic) bond motifs is 1. The van der Waals surface area contributed by atoms with Gasteiger partial charge in [0, 0.05) is 24.0 Å². The van der Waals surface area contributed by atoms with Gasteiger partial charge in [0.1, 0.15) is 35.8 Å². The maximum atomic E-state index is 12.9. The average Bonchev–Trinajstić information content (AvgIpc) is 3.42. The number of hydrogen-bond acceptors (Lipinski definition) is 9. The van der Waals surface area contributed by atoms with E-state index < -0.39 is 10.9 Å². The van der Waals surface area contributed by atoms with Gasteiger partial charge in [-0.3, -0.25) is 24.6 Å². The molecule has 2 aromatic rings. The number of rotatable bonds is 8. The zero-order chi connectivity index (χ0) is 24.4. The number of hydrogen-bond donors (Lipinski definition) is 0. The minimum absolute atomic E-state index is 0.00196. The first-order valence-corrected chi connectivity index (χ1v) is 11.6. The van der Waals surface area contributed by atoms with Crippen LogP contribution in [-0.4, -0.2) is 32.1 Å². The minimum atomic E-state index is -0.465. The van der Waals surface area contributed by atoms with Gasteiger partial charge in [-0.1, -0.05) is 18.7 Å². The lowest BCUT2D eigenvalue weighted by Gasteiger charge is -2.37. The lowest BCUT2D eigenvalue weighted by molar-refractivity contribution is -0.384. The molecule has 1 unspecified atom stereocenters. The van der Waals surface area contributed by atoms with Gasteiger partial charge in [0.2, 0.25) is 5.05 Å². The number of ether oxygens (including phenoxy) is 2. The maximum Gasteiger partial charge on any atom is 0.303 e. The van der Waals surface area contributed by atoms with Crippen molar-refractivity contribution in [1.29, 1.82) is 0 Å². The van der Waals surface area contributed by atoms with E-state index in [0.717, 1.165) is 10.5 Å². The summed E-state index contributed by atoms with van der Waals surface area (Å²) in [4.78, 5) is 36.8. The van der Waals surface area contributed by atoms with E-state index in [-0.39, 0.29) is 35.2 Å². The summed E-state index contributed by atoms with van der Waals surface area (Å²) in [5.41, 5.74) is 1.90. The van der Waals surface area contributed by atoms with E-state index in [9.17, 15) is 19.7 Å². The van der Waals surface area contributed by atoms with E-state index in [2.05, 4.69) is 0 Å². The number of thioether (sulfide) groups is 1. The molecule has 0 saturated carbocycles. The molecule has 0 aliphatic carbocycles. The molecule has 1 atom stereocenters. The second-order valence-electron chi connectivity index (χ2n) is 7.45. The fourth-order valence-corrected chi connectivity index (χ4v) is 5.17. The molecule has 9 nitrogen and oxygen atoms in total. The molecule has 2 aliphatic heterocycles. The third kappa shape index (κ3) is 4.75. The van der Waals surface area contributed by atoms with E-state index in [4.69, 9.17) is 26.1 Å². The average molecular weight is 501 g/mol. The van der Waals surface area contributed by atoms with Crippen molar-refractivity contribution in [3.8, 4) is 0 Å². The van der Waals surface area contributed by atoms with E-state index in [1.807, 2.05) is 6.92 Å². The van der Waals surface area contributed by atoms with Gasteiger partial charge >= 0.3 is 5.97 Å². The fourth-order valence-electron chi connectivity index (χ4n) is 3.49. The van der Waals surface area contributed by atoms with Crippen molar-refractivity contribution in [2.75, 3.05) is 0 Å². The van der Waals surface area contributed by atoms with E-state index >= 15 is 0 Å². The van der Waals surface area contributed by atoms with E-state index in [0.29, 0.717) is 29.2 Å². The van der Waals surface area contributed by atoms with Crippen molar-refractivity contribution in [2.24, 2.45) is 0 Å². The first-order chi connectivity index (χ1) is 16.3. The maximum absolute atomic E-state index is 12.9. The van der Waals surface area contributed by atoms with E-state index in [1.54, 1.807) is 35.2 Å². The van der Waals surface area contributed by atoms with Gasteiger partial charge < -0.3 is 13.9 Å². The number of β-lactam (4-membered cyclic amide) rings is 1. The summed E-state index contributed by atoms with van der Waals surface area (Å²) in [7, 11) is 0. The summed E-state index contributed by atoms with van der Waals surface area (Å²) in [6.45, 7) is 3.47. The number of carbonyl (C=O) groups is 2. The summed E-state index contributed by atoms with van der Waals surface area (Å²) in [6, 6.07) is 9.44. The Hall–Kier alpha value is -3.44. The Morgan fingerprint density at radius 3 is 2.62 bits per heavy atom. The Kier molecular flexibility index (Phi) is 6.85. The van der Waals surface area contributed by atoms with Gasteiger partial charge in [0.05, 0.1) is 10.5 Å². The molecule has 34 heavy (non-hydrogen) atoms. The molecule has 1 aromatic carbocycles. The Labute approximate surface area is 204 Å². The summed E-state index contributed by atoms with van der Waals surface area (Å²) >= 11 is 7.03. The molecule has 1 aromatic heterocycles. The molecule has 1 fully saturated rings. The predicted molar refractivity (Wildman–Crippen MR) is 128 cm³/mol. The molecule has 1 amide bonds. The quantitative estimate of drug-likeness (QED) is 0.127. The monoisotopic (exact) mass is 500 g/mol. The lowest BCUT2D eigenvalue weighted by Crippen LogP contribution is -2.51. The van der Waals surface area contributed by atoms with Crippen LogP contribution in [0.25, 0.3) is 6.08 Å². The number of amides is 1. The zero-order valence-electron chi connectivity index (χ0n) is 18.3. The number of nitro groups is 1. The molecule has 11 heteroatoms. The molecule has 0 spiro atoms. The highest BCUT2D eigenvalue weighted by Crippen LogP contribution is 2.51. The van der Waals surface area contributed by atoms with Gasteiger partial charge in [-0.15, -0.1) is 0 Å². The van der Waals surface area contributed by atoms with Crippen molar-refractivity contribution in [3.05, 3.63) is 79.8 Å². The van der Waals surface area contributed by atoms with E-state index in [1.165, 1.54) is 30.8 Å². The number of nitrogens with zero attached hydrogens (tertiary/aromatic N) is 2. The van der Waals surface area contributed by atoms with Crippen molar-refractivity contribution < 1.29 is 28.4 Å². The molecule has 0 bridgehead atoms. The van der Waals surface area contributed by atoms with Crippen molar-refractivity contribution in [3.63, 3.8) is 0 Å². The Balaban J connectivity index is 1.43. The Morgan fingerprint density at radius 2 is 1.97 bits per heavy atom. The third-order valence-electron chi connectivity index (χ3n) is 5.15. The fraction of sp³-hybridized carbons (Fsp3) is 0.261. The smallest absolute Gasteiger partial charge is 0.303 e. The normalized spacial score (nSPS) is 18.1. The largest absolute Gasteiger partial charge is 0.477 e. The van der Waals surface area contributed by atoms with Crippen LogP contribution in [0.4, 0.5) is 5.69 Å². The summed E-state index contributed by atoms with van der Waals surface area (Å²) in [5.74, 6) is 0.393. The van der Waals surface area contributed by atoms with Gasteiger partial charge in [0.25, 0.3) is 11.6 Å². The van der Waals surface area contributed by atoms with Gasteiger partial charge in [0.15, 0.2) is 0 Å². The van der Waals surface area contributed by atoms with Crippen LogP contribution in [0.3, 0.4) is 0 Å². The summed E-state index contributed by atoms with van der Waals surface area (Å²) in [6.07, 6.45) is 2.37. The van der Waals surface area contributed by atoms with Crippen molar-refractivity contribution in [1.82, 2.24) is 4.90 Å². The lowest BCUT2D eigenvalue weighted by atomic mass is 10.0. The van der Waals surface area contributed by atoms with Crippen LogP contribution in [-0.2, 0) is 32.3 Å². The number of nitro benzene ring substituents is 1. The second kappa shape index (κ2) is 9.82. The molecule has 176 valence electrons. The van der Waals surface area contributed by atoms with Crippen molar-refractivity contribution in [2.45, 2.75) is 38.9 Å². The molecule has 0 radical (unpaired) electrons. The van der Waals surface area contributed by atoms with Gasteiger partial charge in [-0.2, -0.15) is 0 Å². The molecule has 4 rings (SSSR count). The predicted octanol–water partition coefficient (Wildman–Crippen LogP) is 4.72. The van der Waals surface area contributed by atoms with Gasteiger partial charge in [-0.05, 0) is 54.5 Å². The summed E-state index contributed by atoms with van der Waals surface area (Å²) < 4.78 is 16.3. The number of carbonyl (C=O) groups excluding carboxylic acids is 2. The van der Waals surface area contributed by atoms with Gasteiger partial charge in [-0.25, -0.2) is 0 Å². The van der Waals surface area contributed by atoms with Crippen LogP contribution in [0.2, 0.25) is 0 Å². The molecule has 2 aliphatic rings. The highest BCUT2D eigenvalue weighted by atomic mass is 32.2. The SMILES string of the molecule is CCC1=C(C(=S)OCc2ccc([N+](=O)[O-])cc2)N2C(=O)C(=Cc3ccc(COC(C)=O)o3)C2S1. The zero-order valence-corrected chi connectivity index (χ0v) is 19.9. The number of furan rings is 1. The highest BCUT2D eigenvalue weighted by molar-refractivity contribution is 8.04. The standard InChI is InChI=1S/C23H20N2O7S2/c1-3-19-20(23(33)31-11-14-4-6-15(7-5-14)25(28)29)24-21(27)18(22(24)34-19)10-16-8-9-17(32-16)12-30-13(2)26/h4-10,22H,3,11-12H2,1-2H3. The molecule has 3 heterocycles. The number of esters is 1. The van der Waals surface area contributed by atoms with Crippen LogP contribution in [0.5, 0.6) is 0 Å².